The van der Waals surface area contributed by atoms with E-state index in [1.165, 1.54) is 54.8 Å². The summed E-state index contributed by atoms with van der Waals surface area (Å²) >= 11 is 1.33. The lowest BCUT2D eigenvalue weighted by Gasteiger charge is -2.11. The Labute approximate surface area is 230 Å². The third kappa shape index (κ3) is 6.76. The molecule has 0 unspecified atom stereocenters. The van der Waals surface area contributed by atoms with Crippen molar-refractivity contribution in [3.8, 4) is 5.75 Å². The van der Waals surface area contributed by atoms with E-state index in [-0.39, 0.29) is 28.3 Å². The topological polar surface area (TPSA) is 140 Å². The zero-order valence-corrected chi connectivity index (χ0v) is 23.2. The third-order valence-electron chi connectivity index (χ3n) is 6.14. The van der Waals surface area contributed by atoms with Crippen LogP contribution in [0.25, 0.3) is 0 Å². The molecule has 3 N–H and O–H groups in total. The van der Waals surface area contributed by atoms with Gasteiger partial charge in [0.05, 0.1) is 24.2 Å². The number of carbonyl (C=O) groups excluding carboxylic acids is 3. The van der Waals surface area contributed by atoms with Gasteiger partial charge in [0.25, 0.3) is 21.8 Å². The average molecular weight is 572 g/mol. The predicted octanol–water partition coefficient (Wildman–Crippen LogP) is 4.97. The number of thiophene rings is 1. The number of sulfonamides is 1. The molecule has 0 radical (unpaired) electrons. The van der Waals surface area contributed by atoms with Crippen LogP contribution in [-0.4, -0.2) is 40.0 Å². The van der Waals surface area contributed by atoms with E-state index < -0.39 is 27.9 Å². The first-order valence-corrected chi connectivity index (χ1v) is 14.7. The highest BCUT2D eigenvalue weighted by Gasteiger charge is 2.27. The fourth-order valence-corrected chi connectivity index (χ4v) is 6.57. The molecule has 12 heteroatoms. The molecule has 206 valence electrons. The van der Waals surface area contributed by atoms with Crippen molar-refractivity contribution in [3.05, 3.63) is 70.1 Å². The van der Waals surface area contributed by atoms with Crippen LogP contribution in [0.5, 0.6) is 5.75 Å². The molecule has 0 saturated carbocycles. The van der Waals surface area contributed by atoms with Crippen LogP contribution < -0.4 is 20.1 Å². The smallest absolute Gasteiger partial charge is 0.414 e. The number of aryl methyl sites for hydroxylation is 1. The number of ether oxygens (including phenoxy) is 2. The summed E-state index contributed by atoms with van der Waals surface area (Å²) in [5, 5.41) is 5.41. The van der Waals surface area contributed by atoms with E-state index in [0.29, 0.717) is 17.2 Å². The van der Waals surface area contributed by atoms with Crippen LogP contribution in [0.1, 0.15) is 57.3 Å². The van der Waals surface area contributed by atoms with Crippen LogP contribution in [-0.2, 0) is 27.6 Å². The summed E-state index contributed by atoms with van der Waals surface area (Å²) in [7, 11) is -2.35. The molecule has 0 fully saturated rings. The molecular weight excluding hydrogens is 542 g/mol. The van der Waals surface area contributed by atoms with Crippen molar-refractivity contribution in [1.82, 2.24) is 5.32 Å². The summed E-state index contributed by atoms with van der Waals surface area (Å²) in [4.78, 5) is 39.1. The molecule has 1 aliphatic rings. The van der Waals surface area contributed by atoms with Crippen LogP contribution in [0.2, 0.25) is 0 Å². The van der Waals surface area contributed by atoms with Gasteiger partial charge in [0.15, 0.2) is 0 Å². The second kappa shape index (κ2) is 12.3. The number of hydrogen-bond acceptors (Lipinski definition) is 8. The Kier molecular flexibility index (Phi) is 8.87. The maximum absolute atomic E-state index is 13.1. The Hall–Kier alpha value is -3.90. The molecule has 10 nitrogen and oxygen atoms in total. The average Bonchev–Trinajstić information content (AvgIpc) is 3.09. The molecule has 0 atom stereocenters. The molecule has 39 heavy (non-hydrogen) atoms. The lowest BCUT2D eigenvalue weighted by Crippen LogP contribution is -2.32. The van der Waals surface area contributed by atoms with Gasteiger partial charge in [0.1, 0.15) is 10.8 Å². The van der Waals surface area contributed by atoms with Crippen molar-refractivity contribution >= 4 is 50.0 Å². The van der Waals surface area contributed by atoms with E-state index in [0.717, 1.165) is 36.1 Å². The lowest BCUT2D eigenvalue weighted by atomic mass is 10.0. The van der Waals surface area contributed by atoms with Crippen LogP contribution in [0.4, 0.5) is 15.5 Å². The van der Waals surface area contributed by atoms with E-state index >= 15 is 0 Å². The Bertz CT molecular complexity index is 1460. The maximum Gasteiger partial charge on any atom is 0.414 e. The predicted molar refractivity (Wildman–Crippen MR) is 148 cm³/mol. The SMILES string of the molecule is CCOC(=O)NC(=O)c1c(NC(=O)c2ccc(NS(=O)(=O)c3ccc(OC)cc3)cc2)sc2c1CCCCC2. The normalized spacial score (nSPS) is 13.0. The molecular formula is C27H29N3O7S2. The number of imide groups is 1. The van der Waals surface area contributed by atoms with Crippen molar-refractivity contribution in [1.29, 1.82) is 0 Å². The molecule has 1 aromatic heterocycles. The largest absolute Gasteiger partial charge is 0.497 e. The highest BCUT2D eigenvalue weighted by molar-refractivity contribution is 7.92. The van der Waals surface area contributed by atoms with Gasteiger partial charge in [0.2, 0.25) is 0 Å². The molecule has 3 aromatic rings. The second-order valence-electron chi connectivity index (χ2n) is 8.76. The highest BCUT2D eigenvalue weighted by Crippen LogP contribution is 2.38. The second-order valence-corrected chi connectivity index (χ2v) is 11.5. The third-order valence-corrected chi connectivity index (χ3v) is 8.74. The summed E-state index contributed by atoms with van der Waals surface area (Å²) in [5.74, 6) is -0.555. The first-order valence-electron chi connectivity index (χ1n) is 12.4. The zero-order valence-electron chi connectivity index (χ0n) is 21.5. The number of anilines is 2. The molecule has 3 amide bonds. The monoisotopic (exact) mass is 571 g/mol. The standard InChI is InChI=1S/C27H29N3O7S2/c1-3-37-27(33)29-25(32)23-21-7-5-4-6-8-22(21)38-26(23)28-24(31)17-9-11-18(12-10-17)30-39(34,35)20-15-13-19(36-2)14-16-20/h9-16,30H,3-8H2,1-2H3,(H,28,31)(H,29,32,33). The van der Waals surface area contributed by atoms with Gasteiger partial charge in [-0.05, 0) is 86.7 Å². The van der Waals surface area contributed by atoms with Crippen molar-refractivity contribution < 1.29 is 32.3 Å². The minimum absolute atomic E-state index is 0.0659. The number of methoxy groups -OCH3 is 1. The van der Waals surface area contributed by atoms with Crippen LogP contribution in [0.3, 0.4) is 0 Å². The lowest BCUT2D eigenvalue weighted by molar-refractivity contribution is 0.0925. The van der Waals surface area contributed by atoms with Gasteiger partial charge in [-0.1, -0.05) is 6.42 Å². The molecule has 0 aliphatic heterocycles. The first kappa shape index (κ1) is 28.1. The Morgan fingerprint density at radius 1 is 0.923 bits per heavy atom. The number of rotatable bonds is 8. The molecule has 4 rings (SSSR count). The number of amides is 3. The molecule has 0 spiro atoms. The molecule has 1 aliphatic carbocycles. The minimum atomic E-state index is -3.84. The number of alkyl carbamates (subject to hydrolysis) is 1. The van der Waals surface area contributed by atoms with E-state index in [1.807, 2.05) is 0 Å². The van der Waals surface area contributed by atoms with Crippen molar-refractivity contribution in [2.45, 2.75) is 43.9 Å². The van der Waals surface area contributed by atoms with Gasteiger partial charge in [-0.3, -0.25) is 19.6 Å². The Balaban J connectivity index is 1.51. The van der Waals surface area contributed by atoms with Gasteiger partial charge in [-0.2, -0.15) is 0 Å². The summed E-state index contributed by atoms with van der Waals surface area (Å²) in [6.07, 6.45) is 3.55. The number of benzene rings is 2. The van der Waals surface area contributed by atoms with Crippen molar-refractivity contribution in [2.75, 3.05) is 23.8 Å². The fourth-order valence-electron chi connectivity index (χ4n) is 4.23. The minimum Gasteiger partial charge on any atom is -0.497 e. The molecule has 0 saturated heterocycles. The van der Waals surface area contributed by atoms with Crippen molar-refractivity contribution in [2.24, 2.45) is 0 Å². The fraction of sp³-hybridized carbons (Fsp3) is 0.296. The van der Waals surface area contributed by atoms with Crippen LogP contribution in [0, 0.1) is 0 Å². The number of hydrogen-bond donors (Lipinski definition) is 3. The maximum atomic E-state index is 13.1. The van der Waals surface area contributed by atoms with Gasteiger partial charge >= 0.3 is 6.09 Å². The van der Waals surface area contributed by atoms with Gasteiger partial charge in [-0.15, -0.1) is 11.3 Å². The van der Waals surface area contributed by atoms with Gasteiger partial charge in [-0.25, -0.2) is 13.2 Å². The first-order chi connectivity index (χ1) is 18.7. The van der Waals surface area contributed by atoms with Gasteiger partial charge < -0.3 is 14.8 Å². The molecule has 0 bridgehead atoms. The summed E-state index contributed by atoms with van der Waals surface area (Å²) in [6.45, 7) is 1.76. The number of carbonyl (C=O) groups is 3. The van der Waals surface area contributed by atoms with E-state index in [2.05, 4.69) is 15.4 Å². The van der Waals surface area contributed by atoms with E-state index in [4.69, 9.17) is 9.47 Å². The summed E-state index contributed by atoms with van der Waals surface area (Å²) in [6, 6.07) is 11.9. The summed E-state index contributed by atoms with van der Waals surface area (Å²) < 4.78 is 37.8. The summed E-state index contributed by atoms with van der Waals surface area (Å²) in [5.41, 5.74) is 1.67. The highest BCUT2D eigenvalue weighted by atomic mass is 32.2. The Morgan fingerprint density at radius 2 is 1.62 bits per heavy atom. The molecule has 2 aromatic carbocycles. The van der Waals surface area contributed by atoms with Crippen LogP contribution >= 0.6 is 11.3 Å². The Morgan fingerprint density at radius 3 is 2.28 bits per heavy atom. The van der Waals surface area contributed by atoms with E-state index in [9.17, 15) is 22.8 Å². The quantitative estimate of drug-likeness (QED) is 0.325. The van der Waals surface area contributed by atoms with E-state index in [1.54, 1.807) is 19.1 Å². The molecule has 1 heterocycles. The van der Waals surface area contributed by atoms with Crippen LogP contribution in [0.15, 0.2) is 53.4 Å². The van der Waals surface area contributed by atoms with Crippen molar-refractivity contribution in [3.63, 3.8) is 0 Å². The zero-order chi connectivity index (χ0) is 28.0. The number of fused-ring (bicyclic) bond motifs is 1. The number of nitrogens with one attached hydrogen (secondary N) is 3. The van der Waals surface area contributed by atoms with Gasteiger partial charge in [0, 0.05) is 16.1 Å².